The maximum atomic E-state index is 2.48. The van der Waals surface area contributed by atoms with Crippen molar-refractivity contribution >= 4 is 97.2 Å². The highest BCUT2D eigenvalue weighted by Gasteiger charge is 2.18. The molecule has 0 saturated heterocycles. The van der Waals surface area contributed by atoms with E-state index in [1.54, 1.807) is 0 Å². The van der Waals surface area contributed by atoms with Crippen molar-refractivity contribution in [2.45, 2.75) is 130 Å². The minimum absolute atomic E-state index is 0.132. The van der Waals surface area contributed by atoms with Gasteiger partial charge in [0.25, 0.3) is 0 Å². The van der Waals surface area contributed by atoms with Gasteiger partial charge in [0.1, 0.15) is 0 Å². The summed E-state index contributed by atoms with van der Waals surface area (Å²) in [4.78, 5) is 0. The molecule has 0 radical (unpaired) electrons. The first-order chi connectivity index (χ1) is 46.0. The fourth-order valence-electron chi connectivity index (χ4n) is 12.2. The van der Waals surface area contributed by atoms with Gasteiger partial charge in [-0.05, 0) is 181 Å². The molecule has 0 atom stereocenters. The molecular formula is C96H96. The average molecular weight is 1250 g/mol. The Bertz CT molecular complexity index is 3920. The molecule has 10 aromatic carbocycles. The van der Waals surface area contributed by atoms with Crippen molar-refractivity contribution in [2.24, 2.45) is 0 Å². The highest BCUT2D eigenvalue weighted by molar-refractivity contribution is 5.81. The van der Waals surface area contributed by atoms with E-state index in [1.807, 2.05) is 0 Å². The van der Waals surface area contributed by atoms with Gasteiger partial charge >= 0.3 is 0 Å². The van der Waals surface area contributed by atoms with Crippen LogP contribution in [-0.2, 0) is 47.3 Å². The topological polar surface area (TPSA) is 0 Å². The molecule has 0 heterocycles. The third-order valence-corrected chi connectivity index (χ3v) is 18.7. The van der Waals surface area contributed by atoms with Crippen molar-refractivity contribution in [1.82, 2.24) is 0 Å². The molecule has 4 aliphatic rings. The summed E-state index contributed by atoms with van der Waals surface area (Å²) in [5.74, 6) is 0. The normalized spacial score (nSPS) is 13.5. The number of aryl methyl sites for hydroxylation is 4. The van der Waals surface area contributed by atoms with Crippen molar-refractivity contribution < 1.29 is 0 Å². The summed E-state index contributed by atoms with van der Waals surface area (Å²) in [5, 5.41) is 0. The van der Waals surface area contributed by atoms with E-state index in [1.165, 1.54) is 134 Å². The first-order valence-corrected chi connectivity index (χ1v) is 34.6. The Labute approximate surface area is 576 Å². The zero-order chi connectivity index (χ0) is 67.5. The monoisotopic (exact) mass is 1250 g/mol. The van der Waals surface area contributed by atoms with Gasteiger partial charge in [0.05, 0.1) is 0 Å². The Balaban J connectivity index is 0.899. The number of benzene rings is 10. The van der Waals surface area contributed by atoms with Crippen LogP contribution in [0.4, 0.5) is 0 Å². The lowest BCUT2D eigenvalue weighted by atomic mass is 9.86. The van der Waals surface area contributed by atoms with Crippen LogP contribution in [0.5, 0.6) is 0 Å². The van der Waals surface area contributed by atoms with E-state index < -0.39 is 0 Å². The van der Waals surface area contributed by atoms with Crippen LogP contribution in [0, 0.1) is 0 Å². The lowest BCUT2D eigenvalue weighted by Gasteiger charge is -2.19. The van der Waals surface area contributed by atoms with Gasteiger partial charge in [-0.2, -0.15) is 0 Å². The van der Waals surface area contributed by atoms with Crippen LogP contribution >= 0.6 is 0 Å². The molecule has 4 bridgehead atoms. The molecule has 0 aliphatic heterocycles. The fourth-order valence-corrected chi connectivity index (χ4v) is 12.2. The van der Waals surface area contributed by atoms with Crippen LogP contribution in [0.1, 0.15) is 217 Å². The lowest BCUT2D eigenvalue weighted by Crippen LogP contribution is -2.10. The average Bonchev–Trinajstić information content (AvgIpc) is 0.824. The summed E-state index contributed by atoms with van der Waals surface area (Å²) in [6.07, 6.45) is 39.8. The van der Waals surface area contributed by atoms with Crippen molar-refractivity contribution in [3.05, 3.63) is 352 Å². The maximum Gasteiger partial charge on any atom is -0.0132 e. The maximum absolute atomic E-state index is 2.48. The quantitative estimate of drug-likeness (QED) is 0.0846. The van der Waals surface area contributed by atoms with E-state index in [9.17, 15) is 0 Å². The van der Waals surface area contributed by atoms with Crippen LogP contribution in [0.15, 0.2) is 218 Å². The Hall–Kier alpha value is -9.88. The van der Waals surface area contributed by atoms with Crippen LogP contribution in [0.3, 0.4) is 0 Å². The minimum Gasteiger partial charge on any atom is -0.0579 e. The molecule has 0 aromatic heterocycles. The van der Waals surface area contributed by atoms with Gasteiger partial charge < -0.3 is 0 Å². The Morgan fingerprint density at radius 2 is 0.281 bits per heavy atom. The Morgan fingerprint density at radius 3 is 0.406 bits per heavy atom. The zero-order valence-corrected chi connectivity index (χ0v) is 58.9. The first kappa shape index (κ1) is 67.5. The van der Waals surface area contributed by atoms with Crippen LogP contribution in [0.25, 0.3) is 97.2 Å². The third kappa shape index (κ3) is 18.7. The molecule has 4 aliphatic carbocycles. The summed E-state index contributed by atoms with van der Waals surface area (Å²) >= 11 is 0. The molecule has 0 heteroatoms. The molecule has 0 unspecified atom stereocenters. The van der Waals surface area contributed by atoms with Gasteiger partial charge in [-0.15, -0.1) is 0 Å². The van der Waals surface area contributed by atoms with Crippen LogP contribution in [-0.4, -0.2) is 0 Å². The van der Waals surface area contributed by atoms with Gasteiger partial charge in [-0.25, -0.2) is 0 Å². The molecule has 0 N–H and O–H groups in total. The van der Waals surface area contributed by atoms with E-state index in [0.717, 1.165) is 25.7 Å². The molecule has 10 aromatic rings. The van der Waals surface area contributed by atoms with E-state index in [0.29, 0.717) is 0 Å². The lowest BCUT2D eigenvalue weighted by molar-refractivity contribution is 0.590. The molecule has 14 rings (SSSR count). The second kappa shape index (κ2) is 29.8. The van der Waals surface area contributed by atoms with Crippen molar-refractivity contribution in [3.63, 3.8) is 0 Å². The van der Waals surface area contributed by atoms with Gasteiger partial charge in [0.15, 0.2) is 0 Å². The summed E-state index contributed by atoms with van der Waals surface area (Å²) < 4.78 is 0. The molecule has 96 heavy (non-hydrogen) atoms. The standard InChI is InChI=1S/C96H96/c1-93(2,3)89-57-41-77(42-58-89)33-21-69-13-25-73(26-14-69)37-49-81-65-86-55-56-88-68-83(51-39-75-29-17-71(18-30-75)23-35-79-45-61-91(62-46-79)95(7,8)9)87(67-84(88)52-40-76-31-19-72(20-32-76)24-36-80-47-63-92(64-48-80)96(10,11)12)54-53-85(81)66-82(86)50-38-74-27-15-70(16-28-74)22-34-78-43-59-90(60-44-78)94(4,5)6/h13-52,57-68H,53-56H2,1-12H3/b33-21+,34-22+,35-23+,36-24+,49-37-,50-38+,51-39?,52-40+. The van der Waals surface area contributed by atoms with Crippen LogP contribution in [0.2, 0.25) is 0 Å². The van der Waals surface area contributed by atoms with Gasteiger partial charge in [-0.1, -0.05) is 399 Å². The smallest absolute Gasteiger partial charge is 0.0132 e. The predicted octanol–water partition coefficient (Wildman–Crippen LogP) is 26.1. The molecular weight excluding hydrogens is 1150 g/mol. The summed E-state index contributed by atoms with van der Waals surface area (Å²) in [6.45, 7) is 27.2. The molecule has 0 amide bonds. The van der Waals surface area contributed by atoms with E-state index >= 15 is 0 Å². The second-order valence-electron chi connectivity index (χ2n) is 30.3. The number of rotatable bonds is 16. The van der Waals surface area contributed by atoms with E-state index in [4.69, 9.17) is 0 Å². The highest BCUT2D eigenvalue weighted by Crippen LogP contribution is 2.33. The highest BCUT2D eigenvalue weighted by atomic mass is 14.2. The first-order valence-electron chi connectivity index (χ1n) is 34.6. The second-order valence-corrected chi connectivity index (χ2v) is 30.3. The molecule has 0 fully saturated rings. The molecule has 480 valence electrons. The number of hydrogen-bond donors (Lipinski definition) is 0. The Morgan fingerprint density at radius 1 is 0.167 bits per heavy atom. The summed E-state index contributed by atoms with van der Waals surface area (Å²) in [7, 11) is 0. The van der Waals surface area contributed by atoms with Crippen molar-refractivity contribution in [2.75, 3.05) is 0 Å². The SMILES string of the molecule is CC(C)(C)c1ccc(/C=C/c2ccc(C=Cc3cc4c(/C=C/c5ccc(/C=C/c6ccc(C(C)(C)C)cc6)cc5)cc3CCc3cc(/C=C/c5ccc(/C=C/c6ccc(C(C)(C)C)cc6)cc5)c(cc3/C=C\c3ccc(/C=C/c5ccc(C(C)(C)C)cc5)cc3)CC4)cc2)cc1. The minimum atomic E-state index is 0.132. The third-order valence-electron chi connectivity index (χ3n) is 18.7. The predicted molar refractivity (Wildman–Crippen MR) is 425 cm³/mol. The van der Waals surface area contributed by atoms with Crippen LogP contribution < -0.4 is 0 Å². The van der Waals surface area contributed by atoms with E-state index in [2.05, 4.69) is 399 Å². The van der Waals surface area contributed by atoms with Crippen molar-refractivity contribution in [3.8, 4) is 0 Å². The summed E-state index contributed by atoms with van der Waals surface area (Å²) in [5.41, 5.74) is 30.6. The molecule has 0 nitrogen and oxygen atoms in total. The van der Waals surface area contributed by atoms with Gasteiger partial charge in [0.2, 0.25) is 0 Å². The molecule has 0 saturated carbocycles. The fraction of sp³-hybridized carbons (Fsp3) is 0.208. The van der Waals surface area contributed by atoms with Crippen molar-refractivity contribution in [1.29, 1.82) is 0 Å². The van der Waals surface area contributed by atoms with E-state index in [-0.39, 0.29) is 21.7 Å². The van der Waals surface area contributed by atoms with Gasteiger partial charge in [-0.3, -0.25) is 0 Å². The zero-order valence-electron chi connectivity index (χ0n) is 58.9. The number of hydrogen-bond acceptors (Lipinski definition) is 0. The Kier molecular flexibility index (Phi) is 21.0. The largest absolute Gasteiger partial charge is 0.0579 e. The summed E-state index contributed by atoms with van der Waals surface area (Å²) in [6, 6.07) is 81.4. The van der Waals surface area contributed by atoms with Gasteiger partial charge in [0, 0.05) is 0 Å². The molecule has 0 spiro atoms.